The van der Waals surface area contributed by atoms with Gasteiger partial charge in [0.25, 0.3) is 0 Å². The van der Waals surface area contributed by atoms with Crippen molar-refractivity contribution in [3.8, 4) is 5.75 Å². The molecule has 0 fully saturated rings. The molecule has 0 saturated heterocycles. The third kappa shape index (κ3) is 3.54. The molecule has 1 rings (SSSR count). The standard InChI is InChI=1S/C11H10F4O3S/c1-2-6-7(12)9(14)11(10(15)8(6)13)18-4-3-5-19(16)17/h2H,1,3-5H2,(H,16,17)/p-1. The molecule has 0 aliphatic rings. The van der Waals surface area contributed by atoms with Gasteiger partial charge >= 0.3 is 0 Å². The maximum atomic E-state index is 13.4. The average Bonchev–Trinajstić information content (AvgIpc) is 2.36. The van der Waals surface area contributed by atoms with Gasteiger partial charge in [0.15, 0.2) is 17.4 Å². The highest BCUT2D eigenvalue weighted by Gasteiger charge is 2.25. The summed E-state index contributed by atoms with van der Waals surface area (Å²) < 4.78 is 78.4. The third-order valence-corrected chi connectivity index (χ3v) is 2.78. The smallest absolute Gasteiger partial charge is 0.204 e. The van der Waals surface area contributed by atoms with Crippen molar-refractivity contribution < 1.29 is 31.1 Å². The summed E-state index contributed by atoms with van der Waals surface area (Å²) in [6.07, 6.45) is 0.572. The molecule has 0 bridgehead atoms. The van der Waals surface area contributed by atoms with Gasteiger partial charge in [-0.2, -0.15) is 8.78 Å². The zero-order valence-electron chi connectivity index (χ0n) is 9.55. The van der Waals surface area contributed by atoms with Gasteiger partial charge in [0.2, 0.25) is 11.6 Å². The van der Waals surface area contributed by atoms with Crippen LogP contribution in [0.2, 0.25) is 0 Å². The molecule has 19 heavy (non-hydrogen) atoms. The lowest BCUT2D eigenvalue weighted by Crippen LogP contribution is -2.09. The first kappa shape index (κ1) is 15.6. The Bertz CT molecular complexity index is 490. The van der Waals surface area contributed by atoms with E-state index in [0.29, 0.717) is 6.08 Å². The summed E-state index contributed by atoms with van der Waals surface area (Å²) in [5.41, 5.74) is -0.928. The van der Waals surface area contributed by atoms with Crippen LogP contribution in [0.15, 0.2) is 6.58 Å². The van der Waals surface area contributed by atoms with Gasteiger partial charge in [-0.3, -0.25) is 4.21 Å². The molecule has 0 amide bonds. The second kappa shape index (κ2) is 6.67. The van der Waals surface area contributed by atoms with Gasteiger partial charge in [-0.25, -0.2) is 8.78 Å². The molecule has 0 aliphatic heterocycles. The van der Waals surface area contributed by atoms with E-state index in [9.17, 15) is 26.3 Å². The minimum atomic E-state index is -2.33. The SMILES string of the molecule is C=Cc1c(F)c(F)c(OCCCS(=O)[O-])c(F)c1F. The van der Waals surface area contributed by atoms with Gasteiger partial charge in [-0.1, -0.05) is 23.7 Å². The van der Waals surface area contributed by atoms with Crippen molar-refractivity contribution in [1.82, 2.24) is 0 Å². The fourth-order valence-corrected chi connectivity index (χ4v) is 1.64. The Labute approximate surface area is 109 Å². The highest BCUT2D eigenvalue weighted by atomic mass is 32.2. The van der Waals surface area contributed by atoms with Gasteiger partial charge in [-0.15, -0.1) is 0 Å². The van der Waals surface area contributed by atoms with E-state index in [1.807, 2.05) is 0 Å². The summed E-state index contributed by atoms with van der Waals surface area (Å²) in [5.74, 6) is -8.10. The molecule has 106 valence electrons. The van der Waals surface area contributed by atoms with E-state index in [1.165, 1.54) is 0 Å². The van der Waals surface area contributed by atoms with E-state index in [4.69, 9.17) is 0 Å². The molecular weight excluding hydrogens is 288 g/mol. The number of benzene rings is 1. The Balaban J connectivity index is 2.96. The molecule has 0 N–H and O–H groups in total. The maximum Gasteiger partial charge on any atom is 0.204 e. The minimum absolute atomic E-state index is 0.0680. The predicted molar refractivity (Wildman–Crippen MR) is 60.3 cm³/mol. The lowest BCUT2D eigenvalue weighted by Gasteiger charge is -2.11. The number of rotatable bonds is 6. The number of halogens is 4. The summed E-state index contributed by atoms with van der Waals surface area (Å²) >= 11 is -2.33. The summed E-state index contributed by atoms with van der Waals surface area (Å²) in [6, 6.07) is 0. The fraction of sp³-hybridized carbons (Fsp3) is 0.273. The Kier molecular flexibility index (Phi) is 5.49. The predicted octanol–water partition coefficient (Wildman–Crippen LogP) is 2.53. The molecule has 0 aliphatic carbocycles. The van der Waals surface area contributed by atoms with Crippen LogP contribution in [0.3, 0.4) is 0 Å². The minimum Gasteiger partial charge on any atom is -0.772 e. The molecule has 0 saturated carbocycles. The molecule has 0 radical (unpaired) electrons. The number of ether oxygens (including phenoxy) is 1. The highest BCUT2D eigenvalue weighted by molar-refractivity contribution is 7.79. The molecular formula is C11H9F4O3S-. The molecule has 1 aromatic rings. The van der Waals surface area contributed by atoms with E-state index in [0.717, 1.165) is 0 Å². The monoisotopic (exact) mass is 297 g/mol. The third-order valence-electron chi connectivity index (χ3n) is 2.16. The van der Waals surface area contributed by atoms with Crippen molar-refractivity contribution in [1.29, 1.82) is 0 Å². The zero-order chi connectivity index (χ0) is 14.6. The van der Waals surface area contributed by atoms with Crippen molar-refractivity contribution >= 4 is 17.2 Å². The van der Waals surface area contributed by atoms with Gasteiger partial charge < -0.3 is 9.29 Å². The van der Waals surface area contributed by atoms with Crippen molar-refractivity contribution in [2.75, 3.05) is 12.4 Å². The highest BCUT2D eigenvalue weighted by Crippen LogP contribution is 2.30. The van der Waals surface area contributed by atoms with Crippen LogP contribution in [-0.4, -0.2) is 21.1 Å². The number of hydrogen-bond donors (Lipinski definition) is 0. The summed E-state index contributed by atoms with van der Waals surface area (Å²) in [7, 11) is 0. The van der Waals surface area contributed by atoms with Gasteiger partial charge in [0.05, 0.1) is 12.2 Å². The zero-order valence-corrected chi connectivity index (χ0v) is 10.4. The average molecular weight is 297 g/mol. The van der Waals surface area contributed by atoms with E-state index in [2.05, 4.69) is 11.3 Å². The molecule has 1 aromatic carbocycles. The molecule has 0 spiro atoms. The summed E-state index contributed by atoms with van der Waals surface area (Å²) in [5, 5.41) is 0. The normalized spacial score (nSPS) is 12.3. The second-order valence-corrected chi connectivity index (χ2v) is 4.43. The van der Waals surface area contributed by atoms with Crippen molar-refractivity contribution in [2.45, 2.75) is 6.42 Å². The molecule has 3 nitrogen and oxygen atoms in total. The molecule has 0 heterocycles. The van der Waals surface area contributed by atoms with Gasteiger partial charge in [-0.05, 0) is 6.42 Å². The molecule has 1 atom stereocenters. The molecule has 1 unspecified atom stereocenters. The van der Waals surface area contributed by atoms with Crippen LogP contribution in [0.1, 0.15) is 12.0 Å². The van der Waals surface area contributed by atoms with Crippen LogP contribution >= 0.6 is 0 Å². The lowest BCUT2D eigenvalue weighted by atomic mass is 10.1. The quantitative estimate of drug-likeness (QED) is 0.351. The first-order valence-electron chi connectivity index (χ1n) is 5.07. The Morgan fingerprint density at radius 3 is 2.11 bits per heavy atom. The van der Waals surface area contributed by atoms with Crippen LogP contribution in [0.5, 0.6) is 5.75 Å². The van der Waals surface area contributed by atoms with E-state index < -0.39 is 52.3 Å². The maximum absolute atomic E-state index is 13.4. The first-order valence-corrected chi connectivity index (χ1v) is 6.31. The van der Waals surface area contributed by atoms with Gasteiger partial charge in [0.1, 0.15) is 0 Å². The first-order chi connectivity index (χ1) is 8.90. The van der Waals surface area contributed by atoms with Crippen LogP contribution in [0.4, 0.5) is 17.6 Å². The molecule has 8 heteroatoms. The Hall–Kier alpha value is -1.41. The van der Waals surface area contributed by atoms with Crippen LogP contribution in [0, 0.1) is 23.3 Å². The van der Waals surface area contributed by atoms with Crippen molar-refractivity contribution in [3.63, 3.8) is 0 Å². The van der Waals surface area contributed by atoms with Crippen LogP contribution in [-0.2, 0) is 11.1 Å². The van der Waals surface area contributed by atoms with E-state index in [-0.39, 0.29) is 12.2 Å². The Morgan fingerprint density at radius 1 is 1.16 bits per heavy atom. The summed E-state index contributed by atoms with van der Waals surface area (Å²) in [4.78, 5) is 0. The Morgan fingerprint density at radius 2 is 1.68 bits per heavy atom. The van der Waals surface area contributed by atoms with E-state index in [1.54, 1.807) is 0 Å². The fourth-order valence-electron chi connectivity index (χ4n) is 1.29. The van der Waals surface area contributed by atoms with Crippen molar-refractivity contribution in [2.24, 2.45) is 0 Å². The summed E-state index contributed by atoms with van der Waals surface area (Å²) in [6.45, 7) is 2.64. The largest absolute Gasteiger partial charge is 0.772 e. The van der Waals surface area contributed by atoms with Crippen molar-refractivity contribution in [3.05, 3.63) is 35.4 Å². The lowest BCUT2D eigenvalue weighted by molar-refractivity contribution is 0.271. The van der Waals surface area contributed by atoms with Crippen LogP contribution < -0.4 is 4.74 Å². The molecule has 0 aromatic heterocycles. The van der Waals surface area contributed by atoms with Crippen LogP contribution in [0.25, 0.3) is 6.08 Å². The van der Waals surface area contributed by atoms with Gasteiger partial charge in [0, 0.05) is 5.75 Å². The second-order valence-electron chi connectivity index (χ2n) is 3.41. The number of hydrogen-bond acceptors (Lipinski definition) is 3. The van der Waals surface area contributed by atoms with E-state index >= 15 is 0 Å². The topological polar surface area (TPSA) is 49.4 Å².